The van der Waals surface area contributed by atoms with Crippen LogP contribution in [-0.2, 0) is 0 Å². The number of hydrogen-bond acceptors (Lipinski definition) is 2. The first-order valence-corrected chi connectivity index (χ1v) is 3.38. The Bertz CT molecular complexity index is 257. The molecule has 1 aromatic rings. The summed E-state index contributed by atoms with van der Waals surface area (Å²) in [5, 5.41) is 0. The Labute approximate surface area is 71.1 Å². The molecule has 0 atom stereocenters. The lowest BCUT2D eigenvalue weighted by atomic mass is 10.2. The zero-order chi connectivity index (χ0) is 9.14. The summed E-state index contributed by atoms with van der Waals surface area (Å²) in [5.41, 5.74) is 15.3. The summed E-state index contributed by atoms with van der Waals surface area (Å²) in [6, 6.07) is 2.92. The van der Waals surface area contributed by atoms with Gasteiger partial charge in [0.05, 0.1) is 25.6 Å². The first-order chi connectivity index (χ1) is 5.69. The van der Waals surface area contributed by atoms with E-state index >= 15 is 0 Å². The predicted octanol–water partition coefficient (Wildman–Crippen LogP) is 1.53. The number of nitrogens with one attached hydrogen (secondary N) is 2. The van der Waals surface area contributed by atoms with Crippen molar-refractivity contribution in [1.29, 1.82) is 0 Å². The lowest BCUT2D eigenvalue weighted by Crippen LogP contribution is -1.89. The molecule has 0 aliphatic heterocycles. The maximum absolute atomic E-state index is 7.42. The Morgan fingerprint density at radius 3 is 1.50 bits per heavy atom. The number of methoxy groups -OCH3 is 2. The van der Waals surface area contributed by atoms with E-state index in [0.29, 0.717) is 11.5 Å². The highest BCUT2D eigenvalue weighted by atomic mass is 16.5. The second-order valence-electron chi connectivity index (χ2n) is 2.25. The van der Waals surface area contributed by atoms with E-state index in [1.807, 2.05) is 0 Å². The van der Waals surface area contributed by atoms with Crippen molar-refractivity contribution in [2.24, 2.45) is 0 Å². The van der Waals surface area contributed by atoms with Crippen molar-refractivity contribution in [1.82, 2.24) is 11.5 Å². The van der Waals surface area contributed by atoms with Gasteiger partial charge in [0.15, 0.2) is 0 Å². The third-order valence-corrected chi connectivity index (χ3v) is 1.52. The fourth-order valence-electron chi connectivity index (χ4n) is 0.898. The second-order valence-corrected chi connectivity index (χ2v) is 2.25. The van der Waals surface area contributed by atoms with Gasteiger partial charge in [-0.15, -0.1) is 0 Å². The standard InChI is InChI=1S/C8H10N2O2/c1-11-7-3-6(10)8(12-2)4-5(7)9/h3-4,9-10H,1-2H3. The highest BCUT2D eigenvalue weighted by Crippen LogP contribution is 2.33. The quantitative estimate of drug-likeness (QED) is 0.668. The van der Waals surface area contributed by atoms with Crippen LogP contribution in [0.25, 0.3) is 0 Å². The summed E-state index contributed by atoms with van der Waals surface area (Å²) in [6.07, 6.45) is 0. The number of ether oxygens (including phenoxy) is 2. The Morgan fingerprint density at radius 2 is 1.25 bits per heavy atom. The second kappa shape index (κ2) is 3.21. The molecular formula is C8H10N2O2. The van der Waals surface area contributed by atoms with Crippen molar-refractivity contribution in [2.75, 3.05) is 14.2 Å². The van der Waals surface area contributed by atoms with Crippen LogP contribution in [0.4, 0.5) is 11.4 Å². The van der Waals surface area contributed by atoms with Gasteiger partial charge in [-0.25, -0.2) is 0 Å². The normalized spacial score (nSPS) is 9.50. The average Bonchev–Trinajstić information content (AvgIpc) is 2.08. The summed E-state index contributed by atoms with van der Waals surface area (Å²) in [5.74, 6) is 0.779. The van der Waals surface area contributed by atoms with Crippen LogP contribution in [0.3, 0.4) is 0 Å². The molecule has 4 heteroatoms. The maximum atomic E-state index is 7.42. The van der Waals surface area contributed by atoms with Crippen LogP contribution in [0.15, 0.2) is 12.1 Å². The van der Waals surface area contributed by atoms with Crippen molar-refractivity contribution in [3.63, 3.8) is 0 Å². The first-order valence-electron chi connectivity index (χ1n) is 3.38. The zero-order valence-corrected chi connectivity index (χ0v) is 6.97. The molecule has 1 rings (SSSR count). The van der Waals surface area contributed by atoms with E-state index in [1.165, 1.54) is 26.4 Å². The van der Waals surface area contributed by atoms with E-state index in [2.05, 4.69) is 0 Å². The van der Waals surface area contributed by atoms with Gasteiger partial charge in [-0.3, -0.25) is 11.5 Å². The Kier molecular flexibility index (Phi) is 2.28. The molecule has 1 aromatic carbocycles. The Hall–Kier alpha value is -1.58. The van der Waals surface area contributed by atoms with Crippen LogP contribution in [0.2, 0.25) is 0 Å². The molecule has 0 aliphatic carbocycles. The lowest BCUT2D eigenvalue weighted by molar-refractivity contribution is 0.405. The van der Waals surface area contributed by atoms with E-state index in [1.54, 1.807) is 0 Å². The van der Waals surface area contributed by atoms with Crippen molar-refractivity contribution in [2.45, 2.75) is 0 Å². The van der Waals surface area contributed by atoms with E-state index in [-0.39, 0.29) is 11.4 Å². The number of hydrogen-bond donors (Lipinski definition) is 0. The molecule has 0 unspecified atom stereocenters. The molecule has 0 fully saturated rings. The fourth-order valence-corrected chi connectivity index (χ4v) is 0.898. The molecule has 0 aromatic heterocycles. The summed E-state index contributed by atoms with van der Waals surface area (Å²) >= 11 is 0. The van der Waals surface area contributed by atoms with Gasteiger partial charge in [-0.05, 0) is 0 Å². The highest BCUT2D eigenvalue weighted by Gasteiger charge is 2.06. The minimum absolute atomic E-state index is 0.227. The summed E-state index contributed by atoms with van der Waals surface area (Å²) in [7, 11) is 2.94. The van der Waals surface area contributed by atoms with Crippen LogP contribution in [0.1, 0.15) is 0 Å². The fraction of sp³-hybridized carbons (Fsp3) is 0.250. The van der Waals surface area contributed by atoms with Gasteiger partial charge in [0, 0.05) is 12.1 Å². The minimum atomic E-state index is 0.227. The summed E-state index contributed by atoms with van der Waals surface area (Å²) in [4.78, 5) is 0. The van der Waals surface area contributed by atoms with E-state index in [0.717, 1.165) is 0 Å². The number of rotatable bonds is 2. The molecule has 0 saturated carbocycles. The van der Waals surface area contributed by atoms with Crippen molar-refractivity contribution >= 4 is 11.4 Å². The Morgan fingerprint density at radius 1 is 0.917 bits per heavy atom. The van der Waals surface area contributed by atoms with Gasteiger partial charge >= 0.3 is 0 Å². The third-order valence-electron chi connectivity index (χ3n) is 1.52. The van der Waals surface area contributed by atoms with Gasteiger partial charge in [-0.2, -0.15) is 0 Å². The van der Waals surface area contributed by atoms with Gasteiger partial charge < -0.3 is 9.47 Å². The SMILES string of the molecule is COc1cc([NH])c(OC)cc1[NH]. The van der Waals surface area contributed by atoms with Crippen molar-refractivity contribution in [3.05, 3.63) is 12.1 Å². The number of benzene rings is 1. The molecule has 4 nitrogen and oxygen atoms in total. The predicted molar refractivity (Wildman–Crippen MR) is 45.1 cm³/mol. The topological polar surface area (TPSA) is 66.1 Å². The van der Waals surface area contributed by atoms with Crippen LogP contribution >= 0.6 is 0 Å². The molecule has 0 aliphatic rings. The smallest absolute Gasteiger partial charge is 0.146 e. The molecule has 2 N–H and O–H groups in total. The van der Waals surface area contributed by atoms with E-state index < -0.39 is 0 Å². The molecule has 0 heterocycles. The monoisotopic (exact) mass is 166 g/mol. The summed E-state index contributed by atoms with van der Waals surface area (Å²) in [6.45, 7) is 0. The van der Waals surface area contributed by atoms with Gasteiger partial charge in [0.25, 0.3) is 0 Å². The highest BCUT2D eigenvalue weighted by molar-refractivity contribution is 5.64. The van der Waals surface area contributed by atoms with E-state index in [9.17, 15) is 0 Å². The molecule has 0 saturated heterocycles. The lowest BCUT2D eigenvalue weighted by Gasteiger charge is -2.07. The van der Waals surface area contributed by atoms with Crippen molar-refractivity contribution in [3.8, 4) is 11.5 Å². The molecule has 2 radical (unpaired) electrons. The summed E-state index contributed by atoms with van der Waals surface area (Å²) < 4.78 is 9.72. The van der Waals surface area contributed by atoms with Gasteiger partial charge in [0.2, 0.25) is 0 Å². The van der Waals surface area contributed by atoms with Crippen LogP contribution in [0, 0.1) is 0 Å². The zero-order valence-electron chi connectivity index (χ0n) is 6.97. The average molecular weight is 166 g/mol. The first kappa shape index (κ1) is 8.52. The molecule has 12 heavy (non-hydrogen) atoms. The molecule has 0 spiro atoms. The minimum Gasteiger partial charge on any atom is -0.494 e. The van der Waals surface area contributed by atoms with Crippen LogP contribution in [0.5, 0.6) is 11.5 Å². The Balaban J connectivity index is 3.16. The van der Waals surface area contributed by atoms with Gasteiger partial charge in [0.1, 0.15) is 11.5 Å². The van der Waals surface area contributed by atoms with Crippen LogP contribution in [-0.4, -0.2) is 14.2 Å². The molecule has 0 amide bonds. The molecule has 0 bridgehead atoms. The molecule has 64 valence electrons. The van der Waals surface area contributed by atoms with Crippen LogP contribution < -0.4 is 20.9 Å². The van der Waals surface area contributed by atoms with Crippen molar-refractivity contribution < 1.29 is 9.47 Å². The van der Waals surface area contributed by atoms with Gasteiger partial charge in [-0.1, -0.05) is 0 Å². The van der Waals surface area contributed by atoms with E-state index in [4.69, 9.17) is 20.9 Å². The third kappa shape index (κ3) is 1.37. The maximum Gasteiger partial charge on any atom is 0.146 e. The molecular weight excluding hydrogens is 156 g/mol. The largest absolute Gasteiger partial charge is 0.494 e.